The highest BCUT2D eigenvalue weighted by molar-refractivity contribution is 5.81. The molecular weight excluding hydrogens is 380 g/mol. The molecule has 1 saturated heterocycles. The summed E-state index contributed by atoms with van der Waals surface area (Å²) >= 11 is 0. The number of hydrogen-bond acceptors (Lipinski definition) is 5. The van der Waals surface area contributed by atoms with Gasteiger partial charge in [0.25, 0.3) is 5.69 Å². The SMILES string of the molecule is CCC[C@@H](NC(=O)[C@@H](C)N1CCN(c2ccc([N+](=O)[O-])cc2)CC1)c1ccccc1. The van der Waals surface area contributed by atoms with Crippen LogP contribution in [0.15, 0.2) is 54.6 Å². The Morgan fingerprint density at radius 2 is 1.70 bits per heavy atom. The standard InChI is InChI=1S/C23H30N4O3/c1-3-7-22(19-8-5-4-6-9-19)24-23(28)18(2)25-14-16-26(17-15-25)20-10-12-21(13-11-20)27(29)30/h4-6,8-13,18,22H,3,7,14-17H2,1-2H3,(H,24,28)/t18-,22-/m1/s1. The third-order valence-electron chi connectivity index (χ3n) is 5.76. The van der Waals surface area contributed by atoms with E-state index in [0.717, 1.165) is 50.3 Å². The first-order valence-corrected chi connectivity index (χ1v) is 10.6. The number of anilines is 1. The van der Waals surface area contributed by atoms with E-state index in [9.17, 15) is 14.9 Å². The second-order valence-electron chi connectivity index (χ2n) is 7.73. The van der Waals surface area contributed by atoms with Crippen LogP contribution in [0.2, 0.25) is 0 Å². The molecule has 0 unspecified atom stereocenters. The average molecular weight is 411 g/mol. The van der Waals surface area contributed by atoms with E-state index in [4.69, 9.17) is 0 Å². The van der Waals surface area contributed by atoms with Crippen LogP contribution in [0.1, 0.15) is 38.3 Å². The minimum Gasteiger partial charge on any atom is -0.369 e. The van der Waals surface area contributed by atoms with Crippen LogP contribution in [-0.4, -0.2) is 48.0 Å². The van der Waals surface area contributed by atoms with E-state index < -0.39 is 0 Å². The largest absolute Gasteiger partial charge is 0.369 e. The van der Waals surface area contributed by atoms with Gasteiger partial charge in [0.2, 0.25) is 5.91 Å². The molecule has 1 N–H and O–H groups in total. The van der Waals surface area contributed by atoms with Crippen molar-refractivity contribution in [3.63, 3.8) is 0 Å². The van der Waals surface area contributed by atoms with Crippen LogP contribution in [0, 0.1) is 10.1 Å². The minimum atomic E-state index is -0.386. The van der Waals surface area contributed by atoms with Crippen LogP contribution in [0.25, 0.3) is 0 Å². The Morgan fingerprint density at radius 3 is 2.27 bits per heavy atom. The molecule has 0 aromatic heterocycles. The summed E-state index contributed by atoms with van der Waals surface area (Å²) in [7, 11) is 0. The number of nitrogens with one attached hydrogen (secondary N) is 1. The molecule has 0 radical (unpaired) electrons. The van der Waals surface area contributed by atoms with Gasteiger partial charge in [0, 0.05) is 44.0 Å². The fourth-order valence-corrected chi connectivity index (χ4v) is 3.91. The van der Waals surface area contributed by atoms with Crippen molar-refractivity contribution in [1.82, 2.24) is 10.2 Å². The molecular formula is C23H30N4O3. The summed E-state index contributed by atoms with van der Waals surface area (Å²) in [6.45, 7) is 7.21. The number of piperazine rings is 1. The van der Waals surface area contributed by atoms with Gasteiger partial charge in [-0.25, -0.2) is 0 Å². The average Bonchev–Trinajstić information content (AvgIpc) is 2.79. The van der Waals surface area contributed by atoms with Crippen molar-refractivity contribution in [1.29, 1.82) is 0 Å². The Kier molecular flexibility index (Phi) is 7.41. The van der Waals surface area contributed by atoms with E-state index >= 15 is 0 Å². The van der Waals surface area contributed by atoms with Crippen molar-refractivity contribution in [2.45, 2.75) is 38.8 Å². The number of carbonyl (C=O) groups excluding carboxylic acids is 1. The molecule has 1 heterocycles. The normalized spacial score (nSPS) is 16.7. The third-order valence-corrected chi connectivity index (χ3v) is 5.76. The van der Waals surface area contributed by atoms with Gasteiger partial charge in [-0.1, -0.05) is 43.7 Å². The molecule has 1 aliphatic rings. The maximum atomic E-state index is 12.9. The van der Waals surface area contributed by atoms with Crippen molar-refractivity contribution in [3.05, 3.63) is 70.3 Å². The molecule has 1 amide bonds. The topological polar surface area (TPSA) is 78.7 Å². The third kappa shape index (κ3) is 5.36. The number of nitro benzene ring substituents is 1. The van der Waals surface area contributed by atoms with Gasteiger partial charge in [-0.15, -0.1) is 0 Å². The number of benzene rings is 2. The lowest BCUT2D eigenvalue weighted by molar-refractivity contribution is -0.384. The summed E-state index contributed by atoms with van der Waals surface area (Å²) in [6, 6.07) is 16.6. The van der Waals surface area contributed by atoms with Crippen molar-refractivity contribution >= 4 is 17.3 Å². The summed E-state index contributed by atoms with van der Waals surface area (Å²) in [6.07, 6.45) is 1.92. The Morgan fingerprint density at radius 1 is 1.07 bits per heavy atom. The van der Waals surface area contributed by atoms with E-state index in [1.165, 1.54) is 12.1 Å². The molecule has 2 aromatic carbocycles. The number of amides is 1. The van der Waals surface area contributed by atoms with Gasteiger partial charge in [0.1, 0.15) is 0 Å². The predicted molar refractivity (Wildman–Crippen MR) is 119 cm³/mol. The number of nitro groups is 1. The van der Waals surface area contributed by atoms with Crippen molar-refractivity contribution in [3.8, 4) is 0 Å². The zero-order valence-electron chi connectivity index (χ0n) is 17.7. The quantitative estimate of drug-likeness (QED) is 0.529. The number of rotatable bonds is 8. The fraction of sp³-hybridized carbons (Fsp3) is 0.435. The van der Waals surface area contributed by atoms with Crippen molar-refractivity contribution in [2.24, 2.45) is 0 Å². The maximum absolute atomic E-state index is 12.9. The molecule has 1 fully saturated rings. The van der Waals surface area contributed by atoms with Crippen molar-refractivity contribution in [2.75, 3.05) is 31.1 Å². The highest BCUT2D eigenvalue weighted by atomic mass is 16.6. The predicted octanol–water partition coefficient (Wildman–Crippen LogP) is 3.76. The number of carbonyl (C=O) groups is 1. The van der Waals surface area contributed by atoms with Crippen LogP contribution in [0.4, 0.5) is 11.4 Å². The minimum absolute atomic E-state index is 0.0348. The van der Waals surface area contributed by atoms with Crippen LogP contribution in [0.5, 0.6) is 0 Å². The lowest BCUT2D eigenvalue weighted by Crippen LogP contribution is -2.54. The molecule has 160 valence electrons. The second kappa shape index (κ2) is 10.2. The zero-order chi connectivity index (χ0) is 21.5. The van der Waals surface area contributed by atoms with Gasteiger partial charge in [0.05, 0.1) is 17.0 Å². The number of hydrogen-bond donors (Lipinski definition) is 1. The molecule has 0 saturated carbocycles. The molecule has 3 rings (SSSR count). The van der Waals surface area contributed by atoms with Crippen LogP contribution in [0.3, 0.4) is 0 Å². The van der Waals surface area contributed by atoms with E-state index in [1.54, 1.807) is 12.1 Å². The van der Waals surface area contributed by atoms with E-state index in [-0.39, 0.29) is 28.6 Å². The molecule has 7 heteroatoms. The first-order chi connectivity index (χ1) is 14.5. The smallest absolute Gasteiger partial charge is 0.269 e. The molecule has 0 spiro atoms. The number of nitrogens with zero attached hydrogens (tertiary/aromatic N) is 3. The summed E-state index contributed by atoms with van der Waals surface area (Å²) < 4.78 is 0. The van der Waals surface area contributed by atoms with Gasteiger partial charge in [0.15, 0.2) is 0 Å². The van der Waals surface area contributed by atoms with Gasteiger partial charge >= 0.3 is 0 Å². The monoisotopic (exact) mass is 410 g/mol. The van der Waals surface area contributed by atoms with Gasteiger partial charge in [-0.2, -0.15) is 0 Å². The van der Waals surface area contributed by atoms with E-state index in [0.29, 0.717) is 0 Å². The Hall–Kier alpha value is -2.93. The lowest BCUT2D eigenvalue weighted by Gasteiger charge is -2.38. The van der Waals surface area contributed by atoms with Gasteiger partial charge in [-0.05, 0) is 31.0 Å². The van der Waals surface area contributed by atoms with Crippen LogP contribution in [-0.2, 0) is 4.79 Å². The molecule has 1 aliphatic heterocycles. The Labute approximate surface area is 177 Å². The lowest BCUT2D eigenvalue weighted by atomic mass is 10.0. The van der Waals surface area contributed by atoms with Gasteiger partial charge < -0.3 is 10.2 Å². The van der Waals surface area contributed by atoms with Crippen molar-refractivity contribution < 1.29 is 9.72 Å². The first kappa shape index (κ1) is 21.8. The highest BCUT2D eigenvalue weighted by Gasteiger charge is 2.27. The summed E-state index contributed by atoms with van der Waals surface area (Å²) in [5.41, 5.74) is 2.22. The molecule has 2 aromatic rings. The first-order valence-electron chi connectivity index (χ1n) is 10.6. The molecule has 0 aliphatic carbocycles. The second-order valence-corrected chi connectivity index (χ2v) is 7.73. The van der Waals surface area contributed by atoms with Crippen LogP contribution >= 0.6 is 0 Å². The molecule has 30 heavy (non-hydrogen) atoms. The summed E-state index contributed by atoms with van der Waals surface area (Å²) in [5.74, 6) is 0.0566. The van der Waals surface area contributed by atoms with E-state index in [2.05, 4.69) is 34.2 Å². The fourth-order valence-electron chi connectivity index (χ4n) is 3.91. The van der Waals surface area contributed by atoms with Crippen LogP contribution < -0.4 is 10.2 Å². The van der Waals surface area contributed by atoms with E-state index in [1.807, 2.05) is 25.1 Å². The Bertz CT molecular complexity index is 833. The summed E-state index contributed by atoms with van der Waals surface area (Å²) in [5, 5.41) is 14.1. The molecule has 7 nitrogen and oxygen atoms in total. The highest BCUT2D eigenvalue weighted by Crippen LogP contribution is 2.22. The maximum Gasteiger partial charge on any atom is 0.269 e. The number of non-ortho nitro benzene ring substituents is 1. The Balaban J connectivity index is 1.55. The molecule has 2 atom stereocenters. The van der Waals surface area contributed by atoms with Gasteiger partial charge in [-0.3, -0.25) is 19.8 Å². The summed E-state index contributed by atoms with van der Waals surface area (Å²) in [4.78, 5) is 27.8. The molecule has 0 bridgehead atoms. The zero-order valence-corrected chi connectivity index (χ0v) is 17.7.